The number of rotatable bonds is 5. The maximum Gasteiger partial charge on any atom is 0.261 e. The second kappa shape index (κ2) is 9.04. The first kappa shape index (κ1) is 20.6. The van der Waals surface area contributed by atoms with Crippen LogP contribution >= 0.6 is 0 Å². The van der Waals surface area contributed by atoms with Crippen LogP contribution in [0, 0.1) is 0 Å². The number of carbonyl (C=O) groups excluding carboxylic acids is 1. The van der Waals surface area contributed by atoms with Gasteiger partial charge < -0.3 is 19.8 Å². The number of aromatic nitrogens is 1. The molecule has 1 aliphatic rings. The molecule has 164 valence electrons. The second-order valence-electron chi connectivity index (χ2n) is 7.72. The molecule has 0 saturated heterocycles. The highest BCUT2D eigenvalue weighted by Crippen LogP contribution is 2.30. The molecule has 0 saturated carbocycles. The Morgan fingerprint density at radius 1 is 0.788 bits per heavy atom. The van der Waals surface area contributed by atoms with Crippen molar-refractivity contribution < 1.29 is 14.3 Å². The van der Waals surface area contributed by atoms with Crippen molar-refractivity contribution >= 4 is 5.91 Å². The van der Waals surface area contributed by atoms with Gasteiger partial charge >= 0.3 is 0 Å². The standard InChI is InChI=1S/C27H22N2O4/c30-26(28-17-18-6-13-24-25(16-18)33-15-14-32-24)22-11-12-23(29-27(22)31)21-9-7-20(8-10-21)19-4-2-1-3-5-19/h1-13,16H,14-15,17H2,(H,28,30)(H,29,31). The number of carbonyl (C=O) groups is 1. The molecule has 3 aromatic carbocycles. The number of benzene rings is 3. The summed E-state index contributed by atoms with van der Waals surface area (Å²) in [6.45, 7) is 1.30. The highest BCUT2D eigenvalue weighted by Gasteiger charge is 2.14. The highest BCUT2D eigenvalue weighted by atomic mass is 16.6. The monoisotopic (exact) mass is 438 g/mol. The zero-order valence-electron chi connectivity index (χ0n) is 17.8. The van der Waals surface area contributed by atoms with E-state index in [1.54, 1.807) is 12.1 Å². The third kappa shape index (κ3) is 4.50. The Bertz CT molecular complexity index is 1340. The molecule has 4 aromatic rings. The van der Waals surface area contributed by atoms with Gasteiger partial charge in [0.2, 0.25) is 0 Å². The van der Waals surface area contributed by atoms with E-state index >= 15 is 0 Å². The van der Waals surface area contributed by atoms with Gasteiger partial charge in [0.25, 0.3) is 11.5 Å². The molecule has 1 aromatic heterocycles. The van der Waals surface area contributed by atoms with Crippen LogP contribution in [0.1, 0.15) is 15.9 Å². The summed E-state index contributed by atoms with van der Waals surface area (Å²) >= 11 is 0. The van der Waals surface area contributed by atoms with Crippen LogP contribution < -0.4 is 20.3 Å². The quantitative estimate of drug-likeness (QED) is 0.484. The normalized spacial score (nSPS) is 12.2. The summed E-state index contributed by atoms with van der Waals surface area (Å²) in [4.78, 5) is 28.0. The molecule has 0 atom stereocenters. The lowest BCUT2D eigenvalue weighted by Gasteiger charge is -2.19. The zero-order valence-corrected chi connectivity index (χ0v) is 17.8. The summed E-state index contributed by atoms with van der Waals surface area (Å²) in [6.07, 6.45) is 0. The first-order valence-electron chi connectivity index (χ1n) is 10.7. The third-order valence-corrected chi connectivity index (χ3v) is 5.52. The molecule has 0 spiro atoms. The summed E-state index contributed by atoms with van der Waals surface area (Å²) in [5.41, 5.74) is 4.24. The van der Waals surface area contributed by atoms with E-state index in [0.29, 0.717) is 30.4 Å². The summed E-state index contributed by atoms with van der Waals surface area (Å²) in [7, 11) is 0. The van der Waals surface area contributed by atoms with Gasteiger partial charge in [0.1, 0.15) is 18.8 Å². The molecule has 0 fully saturated rings. The summed E-state index contributed by atoms with van der Waals surface area (Å²) in [6, 6.07) is 26.8. The highest BCUT2D eigenvalue weighted by molar-refractivity contribution is 5.94. The molecule has 0 aliphatic carbocycles. The van der Waals surface area contributed by atoms with E-state index in [2.05, 4.69) is 22.4 Å². The summed E-state index contributed by atoms with van der Waals surface area (Å²) in [5, 5.41) is 2.79. The van der Waals surface area contributed by atoms with Gasteiger partial charge in [-0.25, -0.2) is 0 Å². The lowest BCUT2D eigenvalue weighted by molar-refractivity contribution is 0.0949. The molecule has 0 bridgehead atoms. The first-order chi connectivity index (χ1) is 16.2. The number of aromatic amines is 1. The number of amides is 1. The van der Waals surface area contributed by atoms with Crippen LogP contribution in [0.4, 0.5) is 0 Å². The maximum absolute atomic E-state index is 12.6. The first-order valence-corrected chi connectivity index (χ1v) is 10.7. The average Bonchev–Trinajstić information content (AvgIpc) is 2.87. The van der Waals surface area contributed by atoms with Gasteiger partial charge in [-0.2, -0.15) is 0 Å². The number of hydrogen-bond acceptors (Lipinski definition) is 4. The fourth-order valence-electron chi connectivity index (χ4n) is 3.77. The molecule has 2 N–H and O–H groups in total. The molecule has 6 heteroatoms. The molecule has 1 amide bonds. The van der Waals surface area contributed by atoms with Crippen molar-refractivity contribution in [1.29, 1.82) is 0 Å². The van der Waals surface area contributed by atoms with Gasteiger partial charge in [-0.3, -0.25) is 9.59 Å². The predicted molar refractivity (Wildman–Crippen MR) is 127 cm³/mol. The second-order valence-corrected chi connectivity index (χ2v) is 7.72. The minimum atomic E-state index is -0.433. The van der Waals surface area contributed by atoms with Crippen LogP contribution in [-0.2, 0) is 6.54 Å². The largest absolute Gasteiger partial charge is 0.486 e. The molecule has 1 aliphatic heterocycles. The topological polar surface area (TPSA) is 80.4 Å². The Morgan fingerprint density at radius 3 is 2.24 bits per heavy atom. The summed E-state index contributed by atoms with van der Waals surface area (Å²) < 4.78 is 11.1. The van der Waals surface area contributed by atoms with E-state index in [-0.39, 0.29) is 12.1 Å². The molecule has 33 heavy (non-hydrogen) atoms. The number of nitrogens with one attached hydrogen (secondary N) is 2. The minimum Gasteiger partial charge on any atom is -0.486 e. The minimum absolute atomic E-state index is 0.0669. The van der Waals surface area contributed by atoms with Crippen molar-refractivity contribution in [3.63, 3.8) is 0 Å². The Morgan fingerprint density at radius 2 is 1.48 bits per heavy atom. The van der Waals surface area contributed by atoms with Crippen molar-refractivity contribution in [1.82, 2.24) is 10.3 Å². The van der Waals surface area contributed by atoms with E-state index in [4.69, 9.17) is 9.47 Å². The lowest BCUT2D eigenvalue weighted by atomic mass is 10.0. The SMILES string of the molecule is O=C(NCc1ccc2c(c1)OCCO2)c1ccc(-c2ccc(-c3ccccc3)cc2)[nH]c1=O. The van der Waals surface area contributed by atoms with Crippen molar-refractivity contribution in [3.05, 3.63) is 106 Å². The number of ether oxygens (including phenoxy) is 2. The van der Waals surface area contributed by atoms with E-state index in [9.17, 15) is 9.59 Å². The van der Waals surface area contributed by atoms with Crippen LogP contribution in [0.2, 0.25) is 0 Å². The predicted octanol–water partition coefficient (Wildman–Crippen LogP) is 4.41. The van der Waals surface area contributed by atoms with Gasteiger partial charge in [-0.1, -0.05) is 60.7 Å². The van der Waals surface area contributed by atoms with Crippen molar-refractivity contribution in [2.75, 3.05) is 13.2 Å². The van der Waals surface area contributed by atoms with Crippen LogP contribution in [0.5, 0.6) is 11.5 Å². The molecular weight excluding hydrogens is 416 g/mol. The van der Waals surface area contributed by atoms with Crippen molar-refractivity contribution in [2.24, 2.45) is 0 Å². The Hall–Kier alpha value is -4.32. The Labute approximate surface area is 190 Å². The Balaban J connectivity index is 1.27. The van der Waals surface area contributed by atoms with Gasteiger partial charge in [-0.05, 0) is 46.5 Å². The van der Waals surface area contributed by atoms with Gasteiger partial charge in [0.05, 0.1) is 0 Å². The lowest BCUT2D eigenvalue weighted by Crippen LogP contribution is -2.29. The van der Waals surface area contributed by atoms with Gasteiger partial charge in [0.15, 0.2) is 11.5 Å². The average molecular weight is 438 g/mol. The van der Waals surface area contributed by atoms with E-state index < -0.39 is 11.5 Å². The van der Waals surface area contributed by atoms with Crippen molar-refractivity contribution in [2.45, 2.75) is 6.54 Å². The molecule has 0 unspecified atom stereocenters. The van der Waals surface area contributed by atoms with Crippen LogP contribution in [0.15, 0.2) is 89.7 Å². The smallest absolute Gasteiger partial charge is 0.261 e. The Kier molecular flexibility index (Phi) is 5.64. The summed E-state index contributed by atoms with van der Waals surface area (Å²) in [5.74, 6) is 0.922. The third-order valence-electron chi connectivity index (χ3n) is 5.52. The molecule has 5 rings (SSSR count). The van der Waals surface area contributed by atoms with E-state index in [1.807, 2.05) is 60.7 Å². The fourth-order valence-corrected chi connectivity index (χ4v) is 3.77. The van der Waals surface area contributed by atoms with Crippen LogP contribution in [-0.4, -0.2) is 24.1 Å². The number of pyridine rings is 1. The van der Waals surface area contributed by atoms with Gasteiger partial charge in [-0.15, -0.1) is 0 Å². The molecule has 2 heterocycles. The fraction of sp³-hybridized carbons (Fsp3) is 0.111. The van der Waals surface area contributed by atoms with E-state index in [0.717, 1.165) is 22.3 Å². The number of H-pyrrole nitrogens is 1. The number of hydrogen-bond donors (Lipinski definition) is 2. The van der Waals surface area contributed by atoms with E-state index in [1.165, 1.54) is 0 Å². The maximum atomic E-state index is 12.6. The number of fused-ring (bicyclic) bond motifs is 1. The molecule has 0 radical (unpaired) electrons. The molecular formula is C27H22N2O4. The van der Waals surface area contributed by atoms with Crippen LogP contribution in [0.25, 0.3) is 22.4 Å². The molecule has 6 nitrogen and oxygen atoms in total. The van der Waals surface area contributed by atoms with Crippen molar-refractivity contribution in [3.8, 4) is 33.9 Å². The van der Waals surface area contributed by atoms with Crippen LogP contribution in [0.3, 0.4) is 0 Å². The zero-order chi connectivity index (χ0) is 22.6. The van der Waals surface area contributed by atoms with Gasteiger partial charge in [0, 0.05) is 12.2 Å².